The standard InChI is InChI=1S/C22H16N2O3S/c23-14-16-6-8-18(9-7-16)24-21(25)15-27-22(26)13-11-19-10-12-20(28-19)17-4-2-1-3-5-17/h1-13H,15H2,(H,24,25)/b13-11+. The van der Waals surface area contributed by atoms with Crippen molar-refractivity contribution in [2.24, 2.45) is 0 Å². The molecule has 1 heterocycles. The number of thiophene rings is 1. The predicted octanol–water partition coefficient (Wildman–Crippen LogP) is 4.48. The molecule has 1 aromatic heterocycles. The molecule has 28 heavy (non-hydrogen) atoms. The van der Waals surface area contributed by atoms with Crippen LogP contribution >= 0.6 is 11.3 Å². The summed E-state index contributed by atoms with van der Waals surface area (Å²) in [5.74, 6) is -1.04. The van der Waals surface area contributed by atoms with Gasteiger partial charge in [0.15, 0.2) is 6.61 Å². The number of nitrogens with one attached hydrogen (secondary N) is 1. The normalized spacial score (nSPS) is 10.4. The van der Waals surface area contributed by atoms with Crippen molar-refractivity contribution in [3.8, 4) is 16.5 Å². The molecule has 1 N–H and O–H groups in total. The van der Waals surface area contributed by atoms with E-state index >= 15 is 0 Å². The molecule has 138 valence electrons. The van der Waals surface area contributed by atoms with Crippen molar-refractivity contribution >= 4 is 35.0 Å². The van der Waals surface area contributed by atoms with Gasteiger partial charge in [0.2, 0.25) is 0 Å². The van der Waals surface area contributed by atoms with Gasteiger partial charge in [0, 0.05) is 21.5 Å². The van der Waals surface area contributed by atoms with E-state index in [4.69, 9.17) is 10.00 Å². The third-order valence-corrected chi connectivity index (χ3v) is 4.81. The molecule has 6 heteroatoms. The molecule has 0 unspecified atom stereocenters. The number of carbonyl (C=O) groups is 2. The van der Waals surface area contributed by atoms with Gasteiger partial charge in [-0.1, -0.05) is 30.3 Å². The van der Waals surface area contributed by atoms with E-state index in [1.807, 2.05) is 48.5 Å². The third-order valence-electron chi connectivity index (χ3n) is 3.71. The van der Waals surface area contributed by atoms with Crippen molar-refractivity contribution in [2.75, 3.05) is 11.9 Å². The lowest BCUT2D eigenvalue weighted by atomic mass is 10.2. The lowest BCUT2D eigenvalue weighted by Gasteiger charge is -2.05. The van der Waals surface area contributed by atoms with Gasteiger partial charge in [-0.25, -0.2) is 4.79 Å². The quantitative estimate of drug-likeness (QED) is 0.499. The van der Waals surface area contributed by atoms with Gasteiger partial charge in [-0.05, 0) is 48.0 Å². The second kappa shape index (κ2) is 9.31. The molecule has 3 aromatic rings. The third kappa shape index (κ3) is 5.40. The lowest BCUT2D eigenvalue weighted by molar-refractivity contribution is -0.142. The Balaban J connectivity index is 1.48. The van der Waals surface area contributed by atoms with Crippen LogP contribution in [0.1, 0.15) is 10.4 Å². The second-order valence-electron chi connectivity index (χ2n) is 5.75. The second-order valence-corrected chi connectivity index (χ2v) is 6.86. The van der Waals surface area contributed by atoms with E-state index in [9.17, 15) is 9.59 Å². The maximum atomic E-state index is 11.8. The van der Waals surface area contributed by atoms with Crippen LogP contribution in [0.4, 0.5) is 5.69 Å². The summed E-state index contributed by atoms with van der Waals surface area (Å²) in [6.07, 6.45) is 2.97. The number of esters is 1. The topological polar surface area (TPSA) is 79.2 Å². The summed E-state index contributed by atoms with van der Waals surface area (Å²) < 4.78 is 4.95. The van der Waals surface area contributed by atoms with Crippen LogP contribution in [-0.4, -0.2) is 18.5 Å². The molecule has 5 nitrogen and oxygen atoms in total. The Kier molecular flexibility index (Phi) is 6.34. The first-order chi connectivity index (χ1) is 13.6. The highest BCUT2D eigenvalue weighted by Gasteiger charge is 2.06. The molecule has 0 aliphatic heterocycles. The monoisotopic (exact) mass is 388 g/mol. The highest BCUT2D eigenvalue weighted by molar-refractivity contribution is 7.16. The molecule has 0 aliphatic rings. The number of benzene rings is 2. The van der Waals surface area contributed by atoms with Gasteiger partial charge >= 0.3 is 5.97 Å². The first-order valence-corrected chi connectivity index (χ1v) is 9.26. The molecule has 0 bridgehead atoms. The number of hydrogen-bond donors (Lipinski definition) is 1. The number of nitrogens with zero attached hydrogens (tertiary/aromatic N) is 1. The summed E-state index contributed by atoms with van der Waals surface area (Å²) in [4.78, 5) is 25.7. The first kappa shape index (κ1) is 19.1. The summed E-state index contributed by atoms with van der Waals surface area (Å²) in [6, 6.07) is 22.3. The van der Waals surface area contributed by atoms with Crippen molar-refractivity contribution < 1.29 is 14.3 Å². The molecule has 0 fully saturated rings. The zero-order chi connectivity index (χ0) is 19.8. The molecule has 0 saturated heterocycles. The molecule has 2 aromatic carbocycles. The van der Waals surface area contributed by atoms with Crippen LogP contribution in [0.3, 0.4) is 0 Å². The van der Waals surface area contributed by atoms with E-state index in [0.29, 0.717) is 11.3 Å². The van der Waals surface area contributed by atoms with Gasteiger partial charge in [-0.2, -0.15) is 5.26 Å². The fraction of sp³-hybridized carbons (Fsp3) is 0.0455. The van der Waals surface area contributed by atoms with Crippen molar-refractivity contribution in [3.63, 3.8) is 0 Å². The van der Waals surface area contributed by atoms with Crippen LogP contribution in [0, 0.1) is 11.3 Å². The van der Waals surface area contributed by atoms with Crippen molar-refractivity contribution in [1.29, 1.82) is 5.26 Å². The van der Waals surface area contributed by atoms with Gasteiger partial charge in [0.25, 0.3) is 5.91 Å². The Morgan fingerprint density at radius 1 is 1.04 bits per heavy atom. The van der Waals surface area contributed by atoms with Crippen LogP contribution in [0.15, 0.2) is 72.8 Å². The van der Waals surface area contributed by atoms with Crippen molar-refractivity contribution in [2.45, 2.75) is 0 Å². The smallest absolute Gasteiger partial charge is 0.331 e. The van der Waals surface area contributed by atoms with Crippen LogP contribution in [-0.2, 0) is 14.3 Å². The van der Waals surface area contributed by atoms with Gasteiger partial charge in [-0.3, -0.25) is 4.79 Å². The number of ether oxygens (including phenoxy) is 1. The van der Waals surface area contributed by atoms with E-state index < -0.39 is 11.9 Å². The summed E-state index contributed by atoms with van der Waals surface area (Å²) in [7, 11) is 0. The zero-order valence-corrected chi connectivity index (χ0v) is 15.6. The van der Waals surface area contributed by atoms with Gasteiger partial charge < -0.3 is 10.1 Å². The SMILES string of the molecule is N#Cc1ccc(NC(=O)COC(=O)/C=C/c2ccc(-c3ccccc3)s2)cc1. The molecule has 1 amide bonds. The average molecular weight is 388 g/mol. The van der Waals surface area contributed by atoms with Crippen LogP contribution in [0.2, 0.25) is 0 Å². The maximum Gasteiger partial charge on any atom is 0.331 e. The predicted molar refractivity (Wildman–Crippen MR) is 110 cm³/mol. The van der Waals surface area contributed by atoms with E-state index in [1.54, 1.807) is 41.7 Å². The Labute approximate surface area is 166 Å². The van der Waals surface area contributed by atoms with E-state index in [-0.39, 0.29) is 6.61 Å². The lowest BCUT2D eigenvalue weighted by Crippen LogP contribution is -2.20. The van der Waals surface area contributed by atoms with E-state index in [1.165, 1.54) is 6.08 Å². The highest BCUT2D eigenvalue weighted by atomic mass is 32.1. The molecule has 0 radical (unpaired) electrons. The Morgan fingerprint density at radius 3 is 2.50 bits per heavy atom. The first-order valence-electron chi connectivity index (χ1n) is 8.44. The molecule has 3 rings (SSSR count). The Bertz CT molecular complexity index is 1030. The van der Waals surface area contributed by atoms with Crippen molar-refractivity contribution in [1.82, 2.24) is 0 Å². The summed E-state index contributed by atoms with van der Waals surface area (Å²) >= 11 is 1.56. The van der Waals surface area contributed by atoms with E-state index in [2.05, 4.69) is 5.32 Å². The van der Waals surface area contributed by atoms with Crippen molar-refractivity contribution in [3.05, 3.63) is 83.2 Å². The average Bonchev–Trinajstić information content (AvgIpc) is 3.21. The van der Waals surface area contributed by atoms with Gasteiger partial charge in [-0.15, -0.1) is 11.3 Å². The fourth-order valence-corrected chi connectivity index (χ4v) is 3.28. The fourth-order valence-electron chi connectivity index (χ4n) is 2.36. The maximum absolute atomic E-state index is 11.8. The summed E-state index contributed by atoms with van der Waals surface area (Å²) in [5.41, 5.74) is 2.15. The largest absolute Gasteiger partial charge is 0.452 e. The Morgan fingerprint density at radius 2 is 1.79 bits per heavy atom. The minimum atomic E-state index is -0.593. The molecular weight excluding hydrogens is 372 g/mol. The molecular formula is C22H16N2O3S. The zero-order valence-electron chi connectivity index (χ0n) is 14.8. The number of rotatable bonds is 6. The number of anilines is 1. The van der Waals surface area contributed by atoms with Crippen LogP contribution in [0.25, 0.3) is 16.5 Å². The van der Waals surface area contributed by atoms with Gasteiger partial charge in [0.1, 0.15) is 0 Å². The number of nitriles is 1. The molecule has 0 saturated carbocycles. The number of carbonyl (C=O) groups excluding carboxylic acids is 2. The Hall–Kier alpha value is -3.69. The highest BCUT2D eigenvalue weighted by Crippen LogP contribution is 2.28. The molecule has 0 atom stereocenters. The molecule has 0 spiro atoms. The van der Waals surface area contributed by atoms with E-state index in [0.717, 1.165) is 15.3 Å². The molecule has 0 aliphatic carbocycles. The van der Waals surface area contributed by atoms with Gasteiger partial charge in [0.05, 0.1) is 11.6 Å². The van der Waals surface area contributed by atoms with Crippen LogP contribution in [0.5, 0.6) is 0 Å². The number of amides is 1. The minimum absolute atomic E-state index is 0.386. The minimum Gasteiger partial charge on any atom is -0.452 e. The summed E-state index contributed by atoms with van der Waals surface area (Å²) in [6.45, 7) is -0.386. The van der Waals surface area contributed by atoms with Crippen LogP contribution < -0.4 is 5.32 Å². The summed E-state index contributed by atoms with van der Waals surface area (Å²) in [5, 5.41) is 11.3. The number of hydrogen-bond acceptors (Lipinski definition) is 5.